The highest BCUT2D eigenvalue weighted by atomic mass is 32.2. The molecule has 3 rings (SSSR count). The van der Waals surface area contributed by atoms with Gasteiger partial charge in [0.1, 0.15) is 12.6 Å². The zero-order chi connectivity index (χ0) is 27.6. The lowest BCUT2D eigenvalue weighted by Crippen LogP contribution is -2.39. The molecule has 0 aromatic heterocycles. The highest BCUT2D eigenvalue weighted by Crippen LogP contribution is 2.39. The summed E-state index contributed by atoms with van der Waals surface area (Å²) in [5.74, 6) is -1.41. The predicted molar refractivity (Wildman–Crippen MR) is 126 cm³/mol. The fraction of sp³-hybridized carbons (Fsp3) is 0.417. The number of fused-ring (bicyclic) bond motifs is 1. The van der Waals surface area contributed by atoms with Crippen molar-refractivity contribution in [2.24, 2.45) is 0 Å². The molecule has 37 heavy (non-hydrogen) atoms. The van der Waals surface area contributed by atoms with E-state index in [0.717, 1.165) is 12.1 Å². The zero-order valence-electron chi connectivity index (χ0n) is 20.3. The van der Waals surface area contributed by atoms with Crippen LogP contribution in [0.1, 0.15) is 29.7 Å². The molecule has 2 atom stereocenters. The van der Waals surface area contributed by atoms with Crippen LogP contribution in [0.2, 0.25) is 0 Å². The highest BCUT2D eigenvalue weighted by molar-refractivity contribution is 7.91. The quantitative estimate of drug-likeness (QED) is 0.498. The number of carbonyl (C=O) groups excluding carboxylic acids is 2. The topological polar surface area (TPSA) is 122 Å². The van der Waals surface area contributed by atoms with Crippen molar-refractivity contribution in [2.75, 3.05) is 38.5 Å². The summed E-state index contributed by atoms with van der Waals surface area (Å²) in [7, 11) is -0.964. The third-order valence-corrected chi connectivity index (χ3v) is 7.76. The number of rotatable bonds is 9. The largest absolute Gasteiger partial charge is 0.421 e. The molecule has 2 aromatic carbocycles. The van der Waals surface area contributed by atoms with E-state index in [4.69, 9.17) is 9.47 Å². The van der Waals surface area contributed by atoms with E-state index in [1.165, 1.54) is 49.5 Å². The van der Waals surface area contributed by atoms with Crippen molar-refractivity contribution in [3.8, 4) is 0 Å². The second-order valence-corrected chi connectivity index (χ2v) is 10.8. The second-order valence-electron chi connectivity index (χ2n) is 8.67. The maximum atomic E-state index is 13.3. The third-order valence-electron chi connectivity index (χ3n) is 6.08. The minimum Gasteiger partial charge on any atom is -0.384 e. The number of nitrogens with zero attached hydrogens (tertiary/aromatic N) is 1. The molecule has 1 heterocycles. The van der Waals surface area contributed by atoms with Crippen LogP contribution in [-0.2, 0) is 41.0 Å². The van der Waals surface area contributed by atoms with Crippen LogP contribution < -0.4 is 5.32 Å². The number of halogens is 3. The summed E-state index contributed by atoms with van der Waals surface area (Å²) >= 11 is 0. The first kappa shape index (κ1) is 28.6. The molecule has 2 aromatic rings. The lowest BCUT2D eigenvalue weighted by Gasteiger charge is -2.27. The van der Waals surface area contributed by atoms with Crippen molar-refractivity contribution in [1.82, 2.24) is 4.90 Å². The Morgan fingerprint density at radius 2 is 1.76 bits per heavy atom. The molecule has 2 N–H and O–H groups in total. The Morgan fingerprint density at radius 3 is 2.32 bits per heavy atom. The molecule has 0 bridgehead atoms. The Labute approximate surface area is 212 Å². The van der Waals surface area contributed by atoms with Gasteiger partial charge >= 0.3 is 6.18 Å². The molecule has 2 unspecified atom stereocenters. The number of sulfone groups is 1. The molecule has 1 aliphatic rings. The van der Waals surface area contributed by atoms with Crippen LogP contribution in [0.4, 0.5) is 18.9 Å². The SMILES string of the molecule is COCCS(=O)(=O)c1ccc2c(c1)CN(C(=O)COC)C2C(=O)Nc1ccc(C(C)(O)C(F)(F)F)cc1. The number of ether oxygens (including phenoxy) is 2. The molecule has 202 valence electrons. The molecule has 0 aliphatic carbocycles. The van der Waals surface area contributed by atoms with Gasteiger partial charge in [0.25, 0.3) is 5.91 Å². The number of aliphatic hydroxyl groups is 1. The average Bonchev–Trinajstić information content (AvgIpc) is 3.22. The molecule has 0 saturated carbocycles. The van der Waals surface area contributed by atoms with Gasteiger partial charge in [-0.2, -0.15) is 13.2 Å². The van der Waals surface area contributed by atoms with E-state index in [1.807, 2.05) is 0 Å². The molecule has 0 fully saturated rings. The van der Waals surface area contributed by atoms with Gasteiger partial charge in [-0.1, -0.05) is 18.2 Å². The van der Waals surface area contributed by atoms with Gasteiger partial charge < -0.3 is 24.8 Å². The van der Waals surface area contributed by atoms with Crippen molar-refractivity contribution in [3.05, 3.63) is 59.2 Å². The minimum atomic E-state index is -4.90. The average molecular weight is 545 g/mol. The van der Waals surface area contributed by atoms with E-state index in [2.05, 4.69) is 5.32 Å². The molecule has 1 aliphatic heterocycles. The Balaban J connectivity index is 1.90. The van der Waals surface area contributed by atoms with E-state index < -0.39 is 45.0 Å². The van der Waals surface area contributed by atoms with Gasteiger partial charge in [0.15, 0.2) is 15.4 Å². The number of hydrogen-bond acceptors (Lipinski definition) is 7. The summed E-state index contributed by atoms with van der Waals surface area (Å²) in [5.41, 5.74) is -2.49. The minimum absolute atomic E-state index is 0.0000910. The molecule has 0 radical (unpaired) electrons. The van der Waals surface area contributed by atoms with Gasteiger partial charge in [-0.15, -0.1) is 0 Å². The first-order valence-corrected chi connectivity index (χ1v) is 12.7. The van der Waals surface area contributed by atoms with Crippen LogP contribution in [0.15, 0.2) is 47.4 Å². The van der Waals surface area contributed by atoms with Gasteiger partial charge in [0.05, 0.1) is 17.3 Å². The lowest BCUT2D eigenvalue weighted by atomic mass is 9.95. The van der Waals surface area contributed by atoms with Gasteiger partial charge in [-0.05, 0) is 47.9 Å². The Morgan fingerprint density at radius 1 is 1.11 bits per heavy atom. The maximum absolute atomic E-state index is 13.3. The number of anilines is 1. The number of alkyl halides is 3. The molecule has 2 amide bonds. The van der Waals surface area contributed by atoms with E-state index in [1.54, 1.807) is 0 Å². The lowest BCUT2D eigenvalue weighted by molar-refractivity contribution is -0.258. The number of methoxy groups -OCH3 is 2. The number of benzene rings is 2. The fourth-order valence-electron chi connectivity index (χ4n) is 3.91. The Bertz CT molecular complexity index is 1260. The van der Waals surface area contributed by atoms with Crippen LogP contribution in [0.3, 0.4) is 0 Å². The highest BCUT2D eigenvalue weighted by Gasteiger charge is 2.51. The van der Waals surface area contributed by atoms with Crippen molar-refractivity contribution in [2.45, 2.75) is 36.2 Å². The Hall–Kier alpha value is -3.00. The van der Waals surface area contributed by atoms with Crippen LogP contribution in [0.5, 0.6) is 0 Å². The molecule has 13 heteroatoms. The molecular weight excluding hydrogens is 517 g/mol. The van der Waals surface area contributed by atoms with E-state index in [-0.39, 0.29) is 36.1 Å². The normalized spacial score (nSPS) is 17.3. The van der Waals surface area contributed by atoms with Crippen LogP contribution >= 0.6 is 0 Å². The van der Waals surface area contributed by atoms with E-state index in [9.17, 15) is 36.3 Å². The molecule has 0 spiro atoms. The number of amides is 2. The first-order chi connectivity index (χ1) is 17.2. The van der Waals surface area contributed by atoms with Crippen molar-refractivity contribution in [1.29, 1.82) is 0 Å². The second kappa shape index (κ2) is 10.8. The summed E-state index contributed by atoms with van der Waals surface area (Å²) in [6, 6.07) is 7.57. The molecular formula is C24H27F3N2O7S. The standard InChI is InChI=1S/C24H27F3N2O7S/c1-23(32,24(25,26)27)16-4-6-17(7-5-16)28-22(31)21-19-9-8-18(37(33,34)11-10-35-2)12-15(19)13-29(21)20(30)14-36-3/h4-9,12,21,32H,10-11,13-14H2,1-3H3,(H,28,31). The Kier molecular flexibility index (Phi) is 8.32. The van der Waals surface area contributed by atoms with Gasteiger partial charge in [0, 0.05) is 26.5 Å². The predicted octanol–water partition coefficient (Wildman–Crippen LogP) is 2.54. The van der Waals surface area contributed by atoms with Crippen LogP contribution in [-0.4, -0.2) is 69.6 Å². The summed E-state index contributed by atoms with van der Waals surface area (Å²) in [4.78, 5) is 27.2. The summed E-state index contributed by atoms with van der Waals surface area (Å²) in [6.45, 7) is 0.258. The van der Waals surface area contributed by atoms with Crippen LogP contribution in [0, 0.1) is 0 Å². The van der Waals surface area contributed by atoms with E-state index in [0.29, 0.717) is 18.1 Å². The zero-order valence-corrected chi connectivity index (χ0v) is 21.1. The van der Waals surface area contributed by atoms with Gasteiger partial charge in [-0.3, -0.25) is 9.59 Å². The summed E-state index contributed by atoms with van der Waals surface area (Å²) in [5, 5.41) is 12.4. The van der Waals surface area contributed by atoms with Crippen molar-refractivity contribution < 1.29 is 45.8 Å². The third kappa shape index (κ3) is 5.95. The monoisotopic (exact) mass is 544 g/mol. The van der Waals surface area contributed by atoms with Gasteiger partial charge in [0.2, 0.25) is 5.91 Å². The smallest absolute Gasteiger partial charge is 0.384 e. The van der Waals surface area contributed by atoms with Gasteiger partial charge in [-0.25, -0.2) is 8.42 Å². The molecule has 9 nitrogen and oxygen atoms in total. The number of nitrogens with one attached hydrogen (secondary N) is 1. The maximum Gasteiger partial charge on any atom is 0.421 e. The van der Waals surface area contributed by atoms with Crippen molar-refractivity contribution in [3.63, 3.8) is 0 Å². The fourth-order valence-corrected chi connectivity index (χ4v) is 5.13. The number of carbonyl (C=O) groups is 2. The number of hydrogen-bond donors (Lipinski definition) is 2. The summed E-state index contributed by atoms with van der Waals surface area (Å²) < 4.78 is 74.2. The van der Waals surface area contributed by atoms with Crippen molar-refractivity contribution >= 4 is 27.3 Å². The summed E-state index contributed by atoms with van der Waals surface area (Å²) in [6.07, 6.45) is -4.90. The van der Waals surface area contributed by atoms with E-state index >= 15 is 0 Å². The first-order valence-electron chi connectivity index (χ1n) is 11.1. The van der Waals surface area contributed by atoms with Crippen LogP contribution in [0.25, 0.3) is 0 Å². The molecule has 0 saturated heterocycles.